The number of rotatable bonds is 8. The summed E-state index contributed by atoms with van der Waals surface area (Å²) in [7, 11) is 0. The van der Waals surface area contributed by atoms with Crippen molar-refractivity contribution in [3.8, 4) is 84.4 Å². The van der Waals surface area contributed by atoms with Gasteiger partial charge in [0.15, 0.2) is 17.5 Å². The number of fused-ring (bicyclic) bond motifs is 3. The number of hydrogen-bond donors (Lipinski definition) is 0. The minimum atomic E-state index is -0.800. The van der Waals surface area contributed by atoms with Gasteiger partial charge in [-0.25, -0.2) is 15.0 Å². The molecular formula is C57H38N4. The first-order valence-corrected chi connectivity index (χ1v) is 19.2. The lowest BCUT2D eigenvalue weighted by Crippen LogP contribution is -2.02. The van der Waals surface area contributed by atoms with Crippen LogP contribution in [-0.2, 0) is 0 Å². The highest BCUT2D eigenvalue weighted by molar-refractivity contribution is 6.14. The summed E-state index contributed by atoms with van der Waals surface area (Å²) in [6.45, 7) is 0. The van der Waals surface area contributed by atoms with Gasteiger partial charge in [-0.3, -0.25) is 0 Å². The van der Waals surface area contributed by atoms with Gasteiger partial charge in [-0.05, 0) is 63.7 Å². The van der Waals surface area contributed by atoms with E-state index in [-0.39, 0.29) is 56.1 Å². The van der Waals surface area contributed by atoms with Crippen LogP contribution in [0.25, 0.3) is 106 Å². The van der Waals surface area contributed by atoms with Crippen LogP contribution in [0.1, 0.15) is 23.3 Å². The van der Waals surface area contributed by atoms with E-state index in [1.54, 1.807) is 0 Å². The van der Waals surface area contributed by atoms with Crippen molar-refractivity contribution in [2.24, 2.45) is 0 Å². The molecule has 0 unspecified atom stereocenters. The Morgan fingerprint density at radius 3 is 1.51 bits per heavy atom. The van der Waals surface area contributed by atoms with Crippen molar-refractivity contribution < 1.29 is 23.3 Å². The molecule has 4 heteroatoms. The van der Waals surface area contributed by atoms with Gasteiger partial charge in [-0.1, -0.05) is 200 Å². The molecule has 0 spiro atoms. The van der Waals surface area contributed by atoms with E-state index in [0.29, 0.717) is 11.1 Å². The van der Waals surface area contributed by atoms with Crippen LogP contribution in [0.15, 0.2) is 230 Å². The van der Waals surface area contributed by atoms with Crippen LogP contribution in [0.2, 0.25) is 0 Å². The molecule has 4 nitrogen and oxygen atoms in total. The van der Waals surface area contributed by atoms with Crippen LogP contribution in [0.3, 0.4) is 0 Å². The normalized spacial score (nSPS) is 15.2. The van der Waals surface area contributed by atoms with E-state index in [1.165, 1.54) is 22.8 Å². The first-order valence-electron chi connectivity index (χ1n) is 27.7. The van der Waals surface area contributed by atoms with Crippen molar-refractivity contribution in [1.82, 2.24) is 19.5 Å². The Morgan fingerprint density at radius 1 is 0.328 bits per heavy atom. The molecule has 0 saturated carbocycles. The third-order valence-corrected chi connectivity index (χ3v) is 10.3. The third kappa shape index (κ3) is 6.76. The summed E-state index contributed by atoms with van der Waals surface area (Å²) < 4.78 is 154. The van der Waals surface area contributed by atoms with Crippen LogP contribution in [0, 0.1) is 0 Å². The molecule has 286 valence electrons. The van der Waals surface area contributed by atoms with Crippen molar-refractivity contribution in [1.29, 1.82) is 0 Å². The average Bonchev–Trinajstić information content (AvgIpc) is 3.87. The molecule has 0 amide bonds. The zero-order chi connectivity index (χ0) is 55.3. The summed E-state index contributed by atoms with van der Waals surface area (Å²) in [5.41, 5.74) is 2.61. The number of hydrogen-bond acceptors (Lipinski definition) is 3. The Labute approximate surface area is 378 Å². The second-order valence-electron chi connectivity index (χ2n) is 14.0. The number of nitrogens with zero attached hydrogens (tertiary/aromatic N) is 4. The molecule has 2 aromatic heterocycles. The minimum absolute atomic E-state index is 0.0529. The molecule has 61 heavy (non-hydrogen) atoms. The van der Waals surface area contributed by atoms with Gasteiger partial charge < -0.3 is 4.57 Å². The summed E-state index contributed by atoms with van der Waals surface area (Å²) in [5, 5.41) is -0.680. The zero-order valence-electron chi connectivity index (χ0n) is 48.9. The van der Waals surface area contributed by atoms with Crippen molar-refractivity contribution in [2.75, 3.05) is 0 Å². The van der Waals surface area contributed by atoms with Crippen LogP contribution < -0.4 is 0 Å². The molecule has 0 radical (unpaired) electrons. The minimum Gasteiger partial charge on any atom is -0.308 e. The topological polar surface area (TPSA) is 43.6 Å². The van der Waals surface area contributed by atoms with Gasteiger partial charge in [0, 0.05) is 38.6 Å². The summed E-state index contributed by atoms with van der Waals surface area (Å²) >= 11 is 0. The zero-order valence-corrected chi connectivity index (χ0v) is 31.9. The second kappa shape index (κ2) is 15.5. The van der Waals surface area contributed by atoms with Gasteiger partial charge in [-0.2, -0.15) is 0 Å². The highest BCUT2D eigenvalue weighted by Crippen LogP contribution is 2.42. The van der Waals surface area contributed by atoms with E-state index in [9.17, 15) is 8.22 Å². The Kier molecular flexibility index (Phi) is 5.66. The quantitative estimate of drug-likeness (QED) is 0.154. The maximum atomic E-state index is 9.45. The number of aromatic nitrogens is 4. The summed E-state index contributed by atoms with van der Waals surface area (Å²) in [6, 6.07) is 26.5. The number of benzene rings is 9. The van der Waals surface area contributed by atoms with Gasteiger partial charge in [0.2, 0.25) is 0 Å². The first kappa shape index (κ1) is 22.2. The van der Waals surface area contributed by atoms with E-state index < -0.39 is 119 Å². The average molecular weight is 796 g/mol. The molecule has 0 aliphatic rings. The van der Waals surface area contributed by atoms with E-state index in [2.05, 4.69) is 0 Å². The molecule has 0 aliphatic heterocycles. The molecule has 0 N–H and O–H groups in total. The predicted molar refractivity (Wildman–Crippen MR) is 252 cm³/mol. The van der Waals surface area contributed by atoms with Gasteiger partial charge >= 0.3 is 0 Å². The highest BCUT2D eigenvalue weighted by Gasteiger charge is 2.21. The second-order valence-corrected chi connectivity index (χ2v) is 14.0. The lowest BCUT2D eigenvalue weighted by atomic mass is 9.99. The van der Waals surface area contributed by atoms with Crippen molar-refractivity contribution >= 4 is 21.8 Å². The van der Waals surface area contributed by atoms with Crippen LogP contribution >= 0.6 is 0 Å². The summed E-state index contributed by atoms with van der Waals surface area (Å²) in [6.07, 6.45) is 0. The van der Waals surface area contributed by atoms with Crippen LogP contribution in [0.4, 0.5) is 0 Å². The van der Waals surface area contributed by atoms with E-state index in [0.717, 1.165) is 22.3 Å². The Bertz CT molecular complexity index is 4280. The first-order chi connectivity index (χ1) is 37.3. The SMILES string of the molecule is [2H]c1c([2H])c([2H])c(-c2cc(-c3nc(-c4ccc(-c5ccccc5)cc4)nc(-c4cccc(-c5ccccc5)c4)n3)ccc2-n2c3c([2H])c([2H])c([2H])c([2H])c3c3c([2H])c([2H])c([2H])c(-c4c([2H])c([2H])c([2H])c([2H])c4[2H])c32)c([2H])c1[2H]. The molecule has 0 saturated heterocycles. The van der Waals surface area contributed by atoms with Gasteiger partial charge in [0.1, 0.15) is 0 Å². The fourth-order valence-electron chi connectivity index (χ4n) is 7.50. The van der Waals surface area contributed by atoms with Crippen LogP contribution in [0.5, 0.6) is 0 Å². The standard InChI is InChI=1S/C57H38N4/c1-5-17-39(18-6-1)41-31-33-44(34-32-41)55-58-56(46-26-15-25-45(37-46)40-19-7-2-8-20-40)60-57(59-55)47-35-36-53(51(38-47)43-23-11-4-12-24-43)61-52-30-14-13-27-49(52)50-29-16-28-48(54(50)61)42-21-9-3-10-22-42/h1-38H/i3D,4D,9D,10D,11D,12D,13D,14D,16D,21D,22D,23D,24D,27D,28D,29D,30D. The van der Waals surface area contributed by atoms with E-state index in [4.69, 9.17) is 30.0 Å². The van der Waals surface area contributed by atoms with Crippen molar-refractivity contribution in [3.05, 3.63) is 230 Å². The van der Waals surface area contributed by atoms with Gasteiger partial charge in [0.05, 0.1) is 40.0 Å². The summed E-state index contributed by atoms with van der Waals surface area (Å²) in [4.78, 5) is 15.0. The molecule has 0 bridgehead atoms. The molecule has 9 aromatic carbocycles. The molecular weight excluding hydrogens is 741 g/mol. The number of para-hydroxylation sites is 2. The Hall–Kier alpha value is -8.21. The Balaban J connectivity index is 1.27. The fraction of sp³-hybridized carbons (Fsp3) is 0. The molecule has 11 aromatic rings. The van der Waals surface area contributed by atoms with Gasteiger partial charge in [0.25, 0.3) is 0 Å². The maximum absolute atomic E-state index is 9.45. The lowest BCUT2D eigenvalue weighted by Gasteiger charge is -2.17. The fourth-order valence-corrected chi connectivity index (χ4v) is 7.50. The Morgan fingerprint density at radius 2 is 0.820 bits per heavy atom. The predicted octanol–water partition coefficient (Wildman–Crippen LogP) is 14.6. The maximum Gasteiger partial charge on any atom is 0.164 e. The largest absolute Gasteiger partial charge is 0.308 e. The molecule has 11 rings (SSSR count). The third-order valence-electron chi connectivity index (χ3n) is 10.3. The monoisotopic (exact) mass is 795 g/mol. The molecule has 0 atom stereocenters. The molecule has 0 fully saturated rings. The smallest absolute Gasteiger partial charge is 0.164 e. The highest BCUT2D eigenvalue weighted by atomic mass is 15.0. The van der Waals surface area contributed by atoms with Crippen molar-refractivity contribution in [3.63, 3.8) is 0 Å². The molecule has 0 aliphatic carbocycles. The summed E-state index contributed by atoms with van der Waals surface area (Å²) in [5.74, 6) is 0.538. The van der Waals surface area contributed by atoms with Gasteiger partial charge in [-0.15, -0.1) is 0 Å². The van der Waals surface area contributed by atoms with E-state index >= 15 is 0 Å². The molecule has 2 heterocycles. The van der Waals surface area contributed by atoms with Crippen molar-refractivity contribution in [2.45, 2.75) is 0 Å². The lowest BCUT2D eigenvalue weighted by molar-refractivity contribution is 1.07. The van der Waals surface area contributed by atoms with E-state index in [1.807, 2.05) is 109 Å². The van der Waals surface area contributed by atoms with Crippen LogP contribution in [-0.4, -0.2) is 19.5 Å².